The number of rotatable bonds is 14. The lowest BCUT2D eigenvalue weighted by atomic mass is 10.1. The Morgan fingerprint density at radius 3 is 1.56 bits per heavy atom. The van der Waals surface area contributed by atoms with Crippen LogP contribution in [-0.4, -0.2) is 41.9 Å². The van der Waals surface area contributed by atoms with Gasteiger partial charge in [0.1, 0.15) is 6.61 Å². The molecule has 0 radical (unpaired) electrons. The molecule has 0 unspecified atom stereocenters. The van der Waals surface area contributed by atoms with Crippen LogP contribution >= 0.6 is 0 Å². The van der Waals surface area contributed by atoms with Crippen LogP contribution in [0.25, 0.3) is 0 Å². The van der Waals surface area contributed by atoms with Gasteiger partial charge in [0.25, 0.3) is 0 Å². The second-order valence-electron chi connectivity index (χ2n) is 11.6. The molecular formula is C26H52O4Si2. The van der Waals surface area contributed by atoms with Gasteiger partial charge in [0.15, 0.2) is 8.32 Å². The molecule has 32 heavy (non-hydrogen) atoms. The Balaban J connectivity index is 3.21. The Morgan fingerprint density at radius 2 is 1.22 bits per heavy atom. The minimum Gasteiger partial charge on any atom is -0.458 e. The predicted octanol–water partition coefficient (Wildman–Crippen LogP) is 8.00. The molecule has 1 aliphatic heterocycles. The monoisotopic (exact) mass is 484 g/mol. The zero-order valence-electron chi connectivity index (χ0n) is 23.1. The van der Waals surface area contributed by atoms with E-state index in [4.69, 9.17) is 13.6 Å². The number of hydrogen-bond donors (Lipinski definition) is 0. The van der Waals surface area contributed by atoms with Gasteiger partial charge in [-0.15, -0.1) is 0 Å². The molecule has 0 aromatic carbocycles. The van der Waals surface area contributed by atoms with Crippen molar-refractivity contribution < 1.29 is 18.4 Å². The molecule has 0 bridgehead atoms. The Morgan fingerprint density at radius 1 is 0.781 bits per heavy atom. The molecule has 0 N–H and O–H groups in total. The Hall–Kier alpha value is -0.436. The molecule has 4 nitrogen and oxygen atoms in total. The summed E-state index contributed by atoms with van der Waals surface area (Å²) in [7, 11) is -4.02. The molecule has 0 saturated carbocycles. The van der Waals surface area contributed by atoms with E-state index in [0.717, 1.165) is 18.4 Å². The minimum absolute atomic E-state index is 0.0496. The molecule has 1 heterocycles. The van der Waals surface area contributed by atoms with E-state index in [2.05, 4.69) is 83.1 Å². The van der Waals surface area contributed by atoms with Crippen molar-refractivity contribution in [3.8, 4) is 0 Å². The molecule has 1 rings (SSSR count). The molecule has 1 atom stereocenters. The smallest absolute Gasteiger partial charge is 0.331 e. The number of carbonyl (C=O) groups excluding carboxylic acids is 1. The fourth-order valence-corrected chi connectivity index (χ4v) is 17.6. The van der Waals surface area contributed by atoms with E-state index >= 15 is 0 Å². The molecular weight excluding hydrogens is 432 g/mol. The van der Waals surface area contributed by atoms with Crippen LogP contribution in [0.15, 0.2) is 11.6 Å². The Kier molecular flexibility index (Phi) is 11.4. The quantitative estimate of drug-likeness (QED) is 0.185. The van der Waals surface area contributed by atoms with Crippen LogP contribution in [0.4, 0.5) is 0 Å². The van der Waals surface area contributed by atoms with Gasteiger partial charge < -0.3 is 13.6 Å². The predicted molar refractivity (Wildman–Crippen MR) is 141 cm³/mol. The van der Waals surface area contributed by atoms with Gasteiger partial charge in [-0.25, -0.2) is 4.79 Å². The summed E-state index contributed by atoms with van der Waals surface area (Å²) in [6, 6.07) is 0. The SMILES string of the molecule is CC(C)[Si](OC[C@H](CCC1=CC(=O)OC1)O[Si](C(C)C)(C(C)C)C(C)C)(C(C)C)C(C)C. The molecule has 0 spiro atoms. The molecule has 188 valence electrons. The third-order valence-electron chi connectivity index (χ3n) is 7.81. The zero-order chi connectivity index (χ0) is 24.9. The maximum Gasteiger partial charge on any atom is 0.331 e. The summed E-state index contributed by atoms with van der Waals surface area (Å²) in [5.74, 6) is -0.213. The average molecular weight is 485 g/mol. The van der Waals surface area contributed by atoms with E-state index < -0.39 is 16.6 Å². The van der Waals surface area contributed by atoms with Gasteiger partial charge in [-0.3, -0.25) is 0 Å². The van der Waals surface area contributed by atoms with Crippen molar-refractivity contribution in [1.82, 2.24) is 0 Å². The largest absolute Gasteiger partial charge is 0.458 e. The maximum atomic E-state index is 11.5. The molecule has 0 fully saturated rings. The first-order valence-electron chi connectivity index (χ1n) is 12.9. The third-order valence-corrected chi connectivity index (χ3v) is 20.1. The topological polar surface area (TPSA) is 44.8 Å². The lowest BCUT2D eigenvalue weighted by Crippen LogP contribution is -2.53. The van der Waals surface area contributed by atoms with Crippen LogP contribution in [0.1, 0.15) is 95.9 Å². The Labute approximate surface area is 201 Å². The van der Waals surface area contributed by atoms with Gasteiger partial charge in [0.05, 0.1) is 12.7 Å². The number of ether oxygens (including phenoxy) is 1. The summed E-state index contributed by atoms with van der Waals surface area (Å²) in [5.41, 5.74) is 4.32. The van der Waals surface area contributed by atoms with E-state index in [1.807, 2.05) is 0 Å². The van der Waals surface area contributed by atoms with Gasteiger partial charge in [0.2, 0.25) is 8.32 Å². The van der Waals surface area contributed by atoms with Crippen LogP contribution < -0.4 is 0 Å². The van der Waals surface area contributed by atoms with Crippen molar-refractivity contribution in [2.45, 2.75) is 135 Å². The van der Waals surface area contributed by atoms with Crippen molar-refractivity contribution in [3.63, 3.8) is 0 Å². The van der Waals surface area contributed by atoms with E-state index in [-0.39, 0.29) is 12.1 Å². The van der Waals surface area contributed by atoms with Crippen LogP contribution in [0, 0.1) is 0 Å². The summed E-state index contributed by atoms with van der Waals surface area (Å²) in [6.07, 6.45) is 3.42. The van der Waals surface area contributed by atoms with Gasteiger partial charge in [-0.05, 0) is 51.7 Å². The molecule has 0 saturated heterocycles. The molecule has 6 heteroatoms. The second kappa shape index (κ2) is 12.3. The maximum absolute atomic E-state index is 11.5. The van der Waals surface area contributed by atoms with Gasteiger partial charge in [0, 0.05) is 6.08 Å². The fraction of sp³-hybridized carbons (Fsp3) is 0.885. The van der Waals surface area contributed by atoms with E-state index in [1.54, 1.807) is 6.08 Å². The second-order valence-corrected chi connectivity index (χ2v) is 22.5. The summed E-state index contributed by atoms with van der Waals surface area (Å²) < 4.78 is 19.4. The molecule has 0 aromatic heterocycles. The summed E-state index contributed by atoms with van der Waals surface area (Å²) in [6.45, 7) is 29.1. The van der Waals surface area contributed by atoms with E-state index in [1.165, 1.54) is 0 Å². The molecule has 1 aliphatic rings. The van der Waals surface area contributed by atoms with E-state index in [0.29, 0.717) is 46.5 Å². The zero-order valence-corrected chi connectivity index (χ0v) is 25.1. The highest BCUT2D eigenvalue weighted by Crippen LogP contribution is 2.45. The fourth-order valence-electron chi connectivity index (χ4n) is 6.52. The van der Waals surface area contributed by atoms with Gasteiger partial charge >= 0.3 is 5.97 Å². The van der Waals surface area contributed by atoms with Gasteiger partial charge in [-0.2, -0.15) is 0 Å². The number of esters is 1. The molecule has 0 aliphatic carbocycles. The summed E-state index contributed by atoms with van der Waals surface area (Å²) in [5, 5.41) is 0. The first-order valence-corrected chi connectivity index (χ1v) is 17.2. The normalized spacial score (nSPS) is 16.8. The lowest BCUT2D eigenvalue weighted by Gasteiger charge is -2.47. The highest BCUT2D eigenvalue weighted by atomic mass is 28.4. The summed E-state index contributed by atoms with van der Waals surface area (Å²) in [4.78, 5) is 11.5. The van der Waals surface area contributed by atoms with Crippen LogP contribution in [0.3, 0.4) is 0 Å². The lowest BCUT2D eigenvalue weighted by molar-refractivity contribution is -0.134. The molecule has 0 amide bonds. The number of hydrogen-bond acceptors (Lipinski definition) is 4. The highest BCUT2D eigenvalue weighted by Gasteiger charge is 2.48. The highest BCUT2D eigenvalue weighted by molar-refractivity contribution is 6.78. The van der Waals surface area contributed by atoms with Crippen LogP contribution in [-0.2, 0) is 18.4 Å². The van der Waals surface area contributed by atoms with Crippen molar-refractivity contribution in [1.29, 1.82) is 0 Å². The molecule has 0 aromatic rings. The van der Waals surface area contributed by atoms with Crippen molar-refractivity contribution in [2.75, 3.05) is 13.2 Å². The standard InChI is InChI=1S/C26H52O4Si2/c1-18(2)31(19(3)4,20(5)6)29-17-25(14-13-24-15-26(27)28-16-24)30-32(21(7)8,22(9)10)23(11)12/h15,18-23,25H,13-14,16-17H2,1-12H3/t25-/m0/s1. The van der Waals surface area contributed by atoms with Crippen LogP contribution in [0.2, 0.25) is 33.2 Å². The minimum atomic E-state index is -2.04. The van der Waals surface area contributed by atoms with Crippen molar-refractivity contribution >= 4 is 22.6 Å². The van der Waals surface area contributed by atoms with Crippen molar-refractivity contribution in [2.24, 2.45) is 0 Å². The first-order chi connectivity index (χ1) is 14.7. The average Bonchev–Trinajstić information content (AvgIpc) is 3.07. The third kappa shape index (κ3) is 6.58. The van der Waals surface area contributed by atoms with Crippen LogP contribution in [0.5, 0.6) is 0 Å². The number of carbonyl (C=O) groups is 1. The Bertz CT molecular complexity index is 580. The van der Waals surface area contributed by atoms with Crippen molar-refractivity contribution in [3.05, 3.63) is 11.6 Å². The number of cyclic esters (lactones) is 1. The van der Waals surface area contributed by atoms with E-state index in [9.17, 15) is 4.79 Å². The first kappa shape index (κ1) is 29.6. The summed E-state index contributed by atoms with van der Waals surface area (Å²) >= 11 is 0. The van der Waals surface area contributed by atoms with Gasteiger partial charge in [-0.1, -0.05) is 83.1 Å².